The van der Waals surface area contributed by atoms with Crippen LogP contribution in [0, 0.1) is 5.92 Å². The van der Waals surface area contributed by atoms with Crippen molar-refractivity contribution in [2.24, 2.45) is 11.7 Å². The van der Waals surface area contributed by atoms with Gasteiger partial charge in [0.15, 0.2) is 0 Å². The van der Waals surface area contributed by atoms with Gasteiger partial charge in [-0.2, -0.15) is 0 Å². The number of piperazine rings is 1. The third-order valence-corrected chi connectivity index (χ3v) is 5.63. The average Bonchev–Trinajstić information content (AvgIpc) is 2.39. The Kier molecular flexibility index (Phi) is 4.59. The van der Waals surface area contributed by atoms with Crippen molar-refractivity contribution in [3.05, 3.63) is 0 Å². The van der Waals surface area contributed by atoms with Crippen LogP contribution in [-0.4, -0.2) is 53.6 Å². The van der Waals surface area contributed by atoms with Crippen molar-refractivity contribution in [1.29, 1.82) is 0 Å². The first kappa shape index (κ1) is 15.3. The summed E-state index contributed by atoms with van der Waals surface area (Å²) in [6, 6.07) is 0. The molecule has 3 heteroatoms. The van der Waals surface area contributed by atoms with Crippen LogP contribution in [-0.2, 0) is 0 Å². The third-order valence-electron chi connectivity index (χ3n) is 5.63. The van der Waals surface area contributed by atoms with E-state index in [1.165, 1.54) is 51.9 Å². The van der Waals surface area contributed by atoms with E-state index in [1.54, 1.807) is 0 Å². The highest BCUT2D eigenvalue weighted by Gasteiger charge is 2.43. The molecule has 2 unspecified atom stereocenters. The first-order valence-electron chi connectivity index (χ1n) is 8.10. The van der Waals surface area contributed by atoms with E-state index in [0.717, 1.165) is 12.5 Å². The summed E-state index contributed by atoms with van der Waals surface area (Å²) >= 11 is 0. The fourth-order valence-corrected chi connectivity index (χ4v) is 4.12. The van der Waals surface area contributed by atoms with Gasteiger partial charge in [-0.3, -0.25) is 9.80 Å². The second kappa shape index (κ2) is 5.71. The Morgan fingerprint density at radius 2 is 1.74 bits per heavy atom. The van der Waals surface area contributed by atoms with Gasteiger partial charge in [0.25, 0.3) is 0 Å². The van der Waals surface area contributed by atoms with E-state index in [4.69, 9.17) is 5.73 Å². The first-order valence-corrected chi connectivity index (χ1v) is 8.10. The van der Waals surface area contributed by atoms with E-state index < -0.39 is 0 Å². The van der Waals surface area contributed by atoms with Gasteiger partial charge < -0.3 is 5.73 Å². The molecular formula is C16H33N3. The summed E-state index contributed by atoms with van der Waals surface area (Å²) in [6.07, 6.45) is 5.42. The Morgan fingerprint density at radius 1 is 1.11 bits per heavy atom. The topological polar surface area (TPSA) is 32.5 Å². The predicted molar refractivity (Wildman–Crippen MR) is 82.3 cm³/mol. The van der Waals surface area contributed by atoms with Gasteiger partial charge in [-0.1, -0.05) is 19.8 Å². The van der Waals surface area contributed by atoms with Crippen LogP contribution in [0.2, 0.25) is 0 Å². The summed E-state index contributed by atoms with van der Waals surface area (Å²) in [4.78, 5) is 5.33. The van der Waals surface area contributed by atoms with E-state index in [2.05, 4.69) is 37.5 Å². The second-order valence-corrected chi connectivity index (χ2v) is 7.60. The minimum absolute atomic E-state index is 0.294. The molecule has 1 heterocycles. The zero-order chi connectivity index (χ0) is 14.1. The van der Waals surface area contributed by atoms with Crippen molar-refractivity contribution in [1.82, 2.24) is 9.80 Å². The van der Waals surface area contributed by atoms with Gasteiger partial charge in [0.05, 0.1) is 0 Å². The second-order valence-electron chi connectivity index (χ2n) is 7.60. The van der Waals surface area contributed by atoms with Crippen LogP contribution in [0.25, 0.3) is 0 Å². The summed E-state index contributed by atoms with van der Waals surface area (Å²) in [5.74, 6) is 0.757. The largest absolute Gasteiger partial charge is 0.329 e. The molecule has 2 aliphatic rings. The van der Waals surface area contributed by atoms with Crippen molar-refractivity contribution < 1.29 is 0 Å². The number of nitrogens with two attached hydrogens (primary N) is 1. The molecule has 0 spiro atoms. The van der Waals surface area contributed by atoms with Gasteiger partial charge in [-0.15, -0.1) is 0 Å². The zero-order valence-electron chi connectivity index (χ0n) is 13.4. The molecule has 1 aliphatic heterocycles. The molecule has 2 atom stereocenters. The van der Waals surface area contributed by atoms with Crippen LogP contribution in [0.5, 0.6) is 0 Å². The van der Waals surface area contributed by atoms with E-state index in [1.807, 2.05) is 0 Å². The van der Waals surface area contributed by atoms with Crippen LogP contribution in [0.1, 0.15) is 53.4 Å². The Bertz CT molecular complexity index is 289. The molecule has 0 aromatic carbocycles. The highest BCUT2D eigenvalue weighted by molar-refractivity contribution is 5.00. The Hall–Kier alpha value is -0.120. The Balaban J connectivity index is 2.02. The van der Waals surface area contributed by atoms with Gasteiger partial charge in [-0.25, -0.2) is 0 Å². The highest BCUT2D eigenvalue weighted by atomic mass is 15.3. The molecule has 1 saturated heterocycles. The standard InChI is InChI=1S/C16H33N3/c1-14-7-5-6-8-16(14,13-17)19-11-9-18(10-12-19)15(2,3)4/h14H,5-13,17H2,1-4H3. The van der Waals surface area contributed by atoms with Crippen molar-refractivity contribution in [2.75, 3.05) is 32.7 Å². The molecule has 1 aliphatic carbocycles. The predicted octanol–water partition coefficient (Wildman–Crippen LogP) is 2.31. The summed E-state index contributed by atoms with van der Waals surface area (Å²) in [5.41, 5.74) is 6.82. The number of nitrogens with zero attached hydrogens (tertiary/aromatic N) is 2. The average molecular weight is 267 g/mol. The molecule has 2 rings (SSSR count). The van der Waals surface area contributed by atoms with Crippen LogP contribution in [0.4, 0.5) is 0 Å². The van der Waals surface area contributed by atoms with Crippen molar-refractivity contribution in [3.8, 4) is 0 Å². The minimum atomic E-state index is 0.294. The molecule has 112 valence electrons. The van der Waals surface area contributed by atoms with Gasteiger partial charge in [0, 0.05) is 43.8 Å². The van der Waals surface area contributed by atoms with Crippen LogP contribution in [0.3, 0.4) is 0 Å². The highest BCUT2D eigenvalue weighted by Crippen LogP contribution is 2.38. The van der Waals surface area contributed by atoms with E-state index in [-0.39, 0.29) is 0 Å². The zero-order valence-corrected chi connectivity index (χ0v) is 13.4. The summed E-state index contributed by atoms with van der Waals surface area (Å²) in [6.45, 7) is 15.0. The monoisotopic (exact) mass is 267 g/mol. The van der Waals surface area contributed by atoms with E-state index >= 15 is 0 Å². The molecule has 0 bridgehead atoms. The maximum absolute atomic E-state index is 6.22. The van der Waals surface area contributed by atoms with Gasteiger partial charge in [0.1, 0.15) is 0 Å². The lowest BCUT2D eigenvalue weighted by Gasteiger charge is -2.54. The first-order chi connectivity index (χ1) is 8.90. The number of rotatable bonds is 2. The molecule has 2 N–H and O–H groups in total. The molecule has 1 saturated carbocycles. The fourth-order valence-electron chi connectivity index (χ4n) is 4.12. The maximum Gasteiger partial charge on any atom is 0.0358 e. The van der Waals surface area contributed by atoms with Gasteiger partial charge in [0.2, 0.25) is 0 Å². The Labute approximate surface area is 119 Å². The molecule has 2 fully saturated rings. The van der Waals surface area contributed by atoms with Gasteiger partial charge in [-0.05, 0) is 39.5 Å². The molecule has 19 heavy (non-hydrogen) atoms. The summed E-state index contributed by atoms with van der Waals surface area (Å²) in [5, 5.41) is 0. The minimum Gasteiger partial charge on any atom is -0.329 e. The lowest BCUT2D eigenvalue weighted by molar-refractivity contribution is -0.0365. The third kappa shape index (κ3) is 2.98. The molecule has 0 aromatic rings. The summed E-state index contributed by atoms with van der Waals surface area (Å²) < 4.78 is 0. The SMILES string of the molecule is CC1CCCCC1(CN)N1CCN(C(C)(C)C)CC1. The van der Waals surface area contributed by atoms with E-state index in [9.17, 15) is 0 Å². The van der Waals surface area contributed by atoms with Crippen molar-refractivity contribution in [3.63, 3.8) is 0 Å². The molecule has 0 aromatic heterocycles. The van der Waals surface area contributed by atoms with E-state index in [0.29, 0.717) is 11.1 Å². The quantitative estimate of drug-likeness (QED) is 0.833. The smallest absolute Gasteiger partial charge is 0.0358 e. The normalized spacial score (nSPS) is 35.5. The van der Waals surface area contributed by atoms with Crippen LogP contribution < -0.4 is 5.73 Å². The lowest BCUT2D eigenvalue weighted by Crippen LogP contribution is -2.65. The number of hydrogen-bond acceptors (Lipinski definition) is 3. The maximum atomic E-state index is 6.22. The molecular weight excluding hydrogens is 234 g/mol. The molecule has 0 amide bonds. The van der Waals surface area contributed by atoms with Gasteiger partial charge >= 0.3 is 0 Å². The van der Waals surface area contributed by atoms with Crippen LogP contribution in [0.15, 0.2) is 0 Å². The lowest BCUT2D eigenvalue weighted by atomic mass is 9.72. The summed E-state index contributed by atoms with van der Waals surface area (Å²) in [7, 11) is 0. The van der Waals surface area contributed by atoms with Crippen molar-refractivity contribution in [2.45, 2.75) is 64.5 Å². The molecule has 0 radical (unpaired) electrons. The van der Waals surface area contributed by atoms with Crippen molar-refractivity contribution >= 4 is 0 Å². The fraction of sp³-hybridized carbons (Fsp3) is 1.00. The Morgan fingerprint density at radius 3 is 2.21 bits per heavy atom. The van der Waals surface area contributed by atoms with Crippen LogP contribution >= 0.6 is 0 Å². The number of hydrogen-bond donors (Lipinski definition) is 1. The molecule has 3 nitrogen and oxygen atoms in total.